The molecule has 0 aliphatic carbocycles. The number of carbonyl (C=O) groups excluding carboxylic acids is 5. The minimum absolute atomic E-state index is 0.129. The summed E-state index contributed by atoms with van der Waals surface area (Å²) in [5, 5.41) is 0. The Balaban J connectivity index is 1.72. The Morgan fingerprint density at radius 2 is 1.50 bits per heavy atom. The van der Waals surface area contributed by atoms with E-state index in [0.717, 1.165) is 0 Å². The lowest BCUT2D eigenvalue weighted by molar-refractivity contribution is -0.185. The summed E-state index contributed by atoms with van der Waals surface area (Å²) in [6.45, 7) is 3.40. The molecule has 2 aromatic carbocycles. The maximum Gasteiger partial charge on any atom is 0.304 e. The number of likely N-dealkylation sites (tertiary alicyclic amines) is 1. The van der Waals surface area contributed by atoms with Gasteiger partial charge in [0.25, 0.3) is 5.91 Å². The molecule has 4 rings (SSSR count). The molecule has 2 aliphatic heterocycles. The van der Waals surface area contributed by atoms with Crippen molar-refractivity contribution in [3.8, 4) is 0 Å². The molecule has 1 saturated heterocycles. The van der Waals surface area contributed by atoms with E-state index in [9.17, 15) is 24.0 Å². The molecule has 4 atom stereocenters. The number of nitrogens with zero attached hydrogens (tertiary/aromatic N) is 2. The number of ether oxygens (including phenoxy) is 3. The van der Waals surface area contributed by atoms with Crippen LogP contribution in [0.2, 0.25) is 0 Å². The zero-order valence-corrected chi connectivity index (χ0v) is 20.1. The molecular weight excluding hydrogens is 468 g/mol. The lowest BCUT2D eigenvalue weighted by Gasteiger charge is -2.53. The van der Waals surface area contributed by atoms with Crippen molar-refractivity contribution in [3.05, 3.63) is 71.3 Å². The van der Waals surface area contributed by atoms with Gasteiger partial charge in [-0.2, -0.15) is 0 Å². The molecule has 0 bridgehead atoms. The van der Waals surface area contributed by atoms with Crippen LogP contribution in [0.25, 0.3) is 0 Å². The van der Waals surface area contributed by atoms with E-state index in [2.05, 4.69) is 0 Å². The summed E-state index contributed by atoms with van der Waals surface area (Å²) in [6, 6.07) is 13.1. The highest BCUT2D eigenvalue weighted by Gasteiger charge is 2.59. The number of rotatable bonds is 8. The average Bonchev–Trinajstić information content (AvgIpc) is 3.10. The molecule has 10 heteroatoms. The molecular formula is C26H26N2O8. The third-order valence-electron chi connectivity index (χ3n) is 6.17. The van der Waals surface area contributed by atoms with Crippen LogP contribution in [0.1, 0.15) is 54.5 Å². The standard InChI is InChI=1S/C26H26N2O8/c1-15(29)34-13-21(18-9-5-4-6-10-18)27-22(14-35-16(2)30)23(25(27)33)28-24(32)19-11-7-8-12-20(19)26(28)36-17(3)31/h4-12,21-23,26H,13-14H2,1-3H3/t21-,22+,23-,26-/m0/s1. The molecule has 2 amide bonds. The third-order valence-corrected chi connectivity index (χ3v) is 6.17. The highest BCUT2D eigenvalue weighted by Crippen LogP contribution is 2.43. The topological polar surface area (TPSA) is 120 Å². The largest absolute Gasteiger partial charge is 0.464 e. The number of carbonyl (C=O) groups is 5. The zero-order chi connectivity index (χ0) is 26.0. The van der Waals surface area contributed by atoms with Gasteiger partial charge in [0.15, 0.2) is 0 Å². The monoisotopic (exact) mass is 494 g/mol. The van der Waals surface area contributed by atoms with E-state index in [1.807, 2.05) is 6.07 Å². The van der Waals surface area contributed by atoms with Crippen molar-refractivity contribution >= 4 is 29.7 Å². The van der Waals surface area contributed by atoms with Crippen LogP contribution in [0.4, 0.5) is 0 Å². The fraction of sp³-hybridized carbons (Fsp3) is 0.346. The van der Waals surface area contributed by atoms with Crippen LogP contribution in [0.5, 0.6) is 0 Å². The predicted molar refractivity (Wildman–Crippen MR) is 124 cm³/mol. The average molecular weight is 495 g/mol. The van der Waals surface area contributed by atoms with Crippen LogP contribution < -0.4 is 0 Å². The zero-order valence-electron chi connectivity index (χ0n) is 20.1. The number of hydrogen-bond donors (Lipinski definition) is 0. The van der Waals surface area contributed by atoms with Crippen molar-refractivity contribution in [3.63, 3.8) is 0 Å². The van der Waals surface area contributed by atoms with Gasteiger partial charge in [0.1, 0.15) is 19.3 Å². The molecule has 2 aliphatic rings. The van der Waals surface area contributed by atoms with E-state index in [-0.39, 0.29) is 13.2 Å². The summed E-state index contributed by atoms with van der Waals surface area (Å²) in [5.41, 5.74) is 1.49. The number of esters is 3. The van der Waals surface area contributed by atoms with Gasteiger partial charge in [0.2, 0.25) is 12.1 Å². The summed E-state index contributed by atoms with van der Waals surface area (Å²) >= 11 is 0. The van der Waals surface area contributed by atoms with Crippen molar-refractivity contribution < 1.29 is 38.2 Å². The first-order chi connectivity index (χ1) is 17.2. The number of β-lactam (4-membered cyclic amide) rings is 1. The second-order valence-electron chi connectivity index (χ2n) is 8.55. The van der Waals surface area contributed by atoms with Gasteiger partial charge in [-0.05, 0) is 11.6 Å². The minimum atomic E-state index is -1.11. The lowest BCUT2D eigenvalue weighted by Crippen LogP contribution is -2.73. The normalized spacial score (nSPS) is 21.4. The summed E-state index contributed by atoms with van der Waals surface area (Å²) in [5.74, 6) is -2.62. The van der Waals surface area contributed by atoms with E-state index in [1.54, 1.807) is 48.5 Å². The van der Waals surface area contributed by atoms with E-state index < -0.39 is 54.1 Å². The Labute approximate surface area is 207 Å². The van der Waals surface area contributed by atoms with Gasteiger partial charge < -0.3 is 19.1 Å². The molecule has 2 heterocycles. The Kier molecular flexibility index (Phi) is 7.05. The van der Waals surface area contributed by atoms with Gasteiger partial charge in [-0.25, -0.2) is 0 Å². The first kappa shape index (κ1) is 24.9. The van der Waals surface area contributed by atoms with E-state index >= 15 is 0 Å². The first-order valence-electron chi connectivity index (χ1n) is 11.4. The molecule has 2 aromatic rings. The summed E-state index contributed by atoms with van der Waals surface area (Å²) in [7, 11) is 0. The van der Waals surface area contributed by atoms with Crippen molar-refractivity contribution in [1.29, 1.82) is 0 Å². The van der Waals surface area contributed by atoms with Gasteiger partial charge in [-0.15, -0.1) is 0 Å². The fourth-order valence-electron chi connectivity index (χ4n) is 4.67. The predicted octanol–water partition coefficient (Wildman–Crippen LogP) is 2.15. The summed E-state index contributed by atoms with van der Waals surface area (Å²) < 4.78 is 16.0. The molecule has 188 valence electrons. The fourth-order valence-corrected chi connectivity index (χ4v) is 4.67. The van der Waals surface area contributed by atoms with Gasteiger partial charge in [0, 0.05) is 31.9 Å². The quantitative estimate of drug-likeness (QED) is 0.311. The Hall–Kier alpha value is -4.21. The van der Waals surface area contributed by atoms with Crippen molar-refractivity contribution in [1.82, 2.24) is 9.80 Å². The van der Waals surface area contributed by atoms with E-state index in [4.69, 9.17) is 14.2 Å². The molecule has 0 N–H and O–H groups in total. The molecule has 0 spiro atoms. The third kappa shape index (κ3) is 4.66. The number of benzene rings is 2. The van der Waals surface area contributed by atoms with Crippen LogP contribution in [-0.2, 0) is 33.4 Å². The molecule has 10 nitrogen and oxygen atoms in total. The number of fused-ring (bicyclic) bond motifs is 1. The summed E-state index contributed by atoms with van der Waals surface area (Å²) in [4.78, 5) is 64.9. The van der Waals surface area contributed by atoms with Gasteiger partial charge >= 0.3 is 17.9 Å². The van der Waals surface area contributed by atoms with Crippen LogP contribution in [-0.4, -0.2) is 64.8 Å². The van der Waals surface area contributed by atoms with E-state index in [1.165, 1.54) is 30.6 Å². The highest BCUT2D eigenvalue weighted by molar-refractivity contribution is 6.03. The van der Waals surface area contributed by atoms with Crippen molar-refractivity contribution in [2.45, 2.75) is 45.1 Å². The maximum atomic E-state index is 13.7. The van der Waals surface area contributed by atoms with Crippen LogP contribution >= 0.6 is 0 Å². The van der Waals surface area contributed by atoms with E-state index in [0.29, 0.717) is 16.7 Å². The highest BCUT2D eigenvalue weighted by atomic mass is 16.6. The molecule has 1 fully saturated rings. The second-order valence-corrected chi connectivity index (χ2v) is 8.55. The Morgan fingerprint density at radius 1 is 0.861 bits per heavy atom. The smallest absolute Gasteiger partial charge is 0.304 e. The first-order valence-corrected chi connectivity index (χ1v) is 11.4. The lowest BCUT2D eigenvalue weighted by atomic mass is 9.89. The van der Waals surface area contributed by atoms with Crippen LogP contribution in [0, 0.1) is 0 Å². The number of amides is 2. The van der Waals surface area contributed by atoms with Crippen molar-refractivity contribution in [2.75, 3.05) is 13.2 Å². The van der Waals surface area contributed by atoms with Gasteiger partial charge in [-0.3, -0.25) is 28.9 Å². The van der Waals surface area contributed by atoms with Gasteiger partial charge in [0.05, 0.1) is 12.1 Å². The summed E-state index contributed by atoms with van der Waals surface area (Å²) in [6.07, 6.45) is -1.11. The number of hydrogen-bond acceptors (Lipinski definition) is 8. The van der Waals surface area contributed by atoms with Crippen LogP contribution in [0.15, 0.2) is 54.6 Å². The molecule has 0 aromatic heterocycles. The minimum Gasteiger partial charge on any atom is -0.464 e. The molecule has 0 saturated carbocycles. The Bertz CT molecular complexity index is 1200. The Morgan fingerprint density at radius 3 is 2.14 bits per heavy atom. The van der Waals surface area contributed by atoms with Gasteiger partial charge in [-0.1, -0.05) is 48.5 Å². The molecule has 36 heavy (non-hydrogen) atoms. The molecule has 0 unspecified atom stereocenters. The molecule has 0 radical (unpaired) electrons. The van der Waals surface area contributed by atoms with Crippen molar-refractivity contribution in [2.24, 2.45) is 0 Å². The SMILES string of the molecule is CC(=O)OC[C@@H]1[C@H](N2C(=O)c3ccccc3[C@@H]2OC(C)=O)C(=O)N1[C@@H](COC(C)=O)c1ccccc1. The second kappa shape index (κ2) is 10.2. The van der Waals surface area contributed by atoms with Crippen LogP contribution in [0.3, 0.4) is 0 Å². The maximum absolute atomic E-state index is 13.7.